The number of rotatable bonds is 9. The minimum Gasteiger partial charge on any atom is -0.357 e. The summed E-state index contributed by atoms with van der Waals surface area (Å²) in [7, 11) is 0. The van der Waals surface area contributed by atoms with Gasteiger partial charge in [-0.3, -0.25) is 4.79 Å². The fourth-order valence-corrected chi connectivity index (χ4v) is 2.52. The molecule has 0 aliphatic rings. The molecular weight excluding hydrogens is 470 g/mol. The Morgan fingerprint density at radius 3 is 2.14 bits per heavy atom. The highest BCUT2D eigenvalue weighted by molar-refractivity contribution is 14.0. The van der Waals surface area contributed by atoms with E-state index in [1.807, 2.05) is 37.3 Å². The van der Waals surface area contributed by atoms with Crippen LogP contribution in [0, 0.1) is 5.82 Å². The molecule has 0 spiro atoms. The zero-order chi connectivity index (χ0) is 19.3. The largest absolute Gasteiger partial charge is 0.357 e. The Kier molecular flexibility index (Phi) is 11.9. The van der Waals surface area contributed by atoms with E-state index in [0.29, 0.717) is 25.6 Å². The van der Waals surface area contributed by atoms with Crippen LogP contribution in [0.15, 0.2) is 59.6 Å². The van der Waals surface area contributed by atoms with E-state index >= 15 is 0 Å². The van der Waals surface area contributed by atoms with Crippen LogP contribution in [0.25, 0.3) is 0 Å². The summed E-state index contributed by atoms with van der Waals surface area (Å²) >= 11 is 0. The van der Waals surface area contributed by atoms with Gasteiger partial charge >= 0.3 is 0 Å². The van der Waals surface area contributed by atoms with Crippen LogP contribution in [0.3, 0.4) is 0 Å². The van der Waals surface area contributed by atoms with Crippen LogP contribution >= 0.6 is 24.0 Å². The minimum absolute atomic E-state index is 0. The molecule has 0 aliphatic heterocycles. The second-order valence-electron chi connectivity index (χ2n) is 6.08. The summed E-state index contributed by atoms with van der Waals surface area (Å²) < 4.78 is 12.9. The van der Waals surface area contributed by atoms with E-state index in [1.165, 1.54) is 17.7 Å². The lowest BCUT2D eigenvalue weighted by Crippen LogP contribution is -2.39. The number of carbonyl (C=O) groups is 1. The van der Waals surface area contributed by atoms with Crippen molar-refractivity contribution in [1.29, 1.82) is 0 Å². The third-order valence-electron chi connectivity index (χ3n) is 3.92. The monoisotopic (exact) mass is 498 g/mol. The van der Waals surface area contributed by atoms with Crippen molar-refractivity contribution in [2.75, 3.05) is 26.2 Å². The Morgan fingerprint density at radius 1 is 0.893 bits per heavy atom. The van der Waals surface area contributed by atoms with Crippen molar-refractivity contribution in [2.24, 2.45) is 4.99 Å². The Bertz CT molecular complexity index is 723. The summed E-state index contributed by atoms with van der Waals surface area (Å²) in [4.78, 5) is 16.3. The maximum Gasteiger partial charge on any atom is 0.241 e. The first-order valence-corrected chi connectivity index (χ1v) is 9.24. The molecule has 2 aromatic carbocycles. The van der Waals surface area contributed by atoms with Crippen LogP contribution in [0.5, 0.6) is 0 Å². The molecule has 0 saturated heterocycles. The van der Waals surface area contributed by atoms with Crippen molar-refractivity contribution in [1.82, 2.24) is 16.0 Å². The van der Waals surface area contributed by atoms with E-state index in [4.69, 9.17) is 0 Å². The standard InChI is InChI=1S/C21H27FN4O.HI/c1-2-23-21(25-15-13-18-8-10-19(22)11-9-18)26-16-20(27)24-14-12-17-6-4-3-5-7-17;/h3-11H,2,12-16H2,1H3,(H,24,27)(H2,23,25,26);1H. The molecule has 28 heavy (non-hydrogen) atoms. The highest BCUT2D eigenvalue weighted by Gasteiger charge is 2.02. The summed E-state index contributed by atoms with van der Waals surface area (Å²) in [5.41, 5.74) is 2.23. The van der Waals surface area contributed by atoms with Crippen molar-refractivity contribution in [3.8, 4) is 0 Å². The Hall–Kier alpha value is -2.16. The number of hydrogen-bond donors (Lipinski definition) is 3. The van der Waals surface area contributed by atoms with Gasteiger partial charge in [-0.2, -0.15) is 0 Å². The summed E-state index contributed by atoms with van der Waals surface area (Å²) in [5.74, 6) is 0.249. The number of carbonyl (C=O) groups excluding carboxylic acids is 1. The number of hydrogen-bond acceptors (Lipinski definition) is 2. The maximum atomic E-state index is 12.9. The van der Waals surface area contributed by atoms with Gasteiger partial charge in [0.25, 0.3) is 0 Å². The van der Waals surface area contributed by atoms with Gasteiger partial charge in [0.2, 0.25) is 5.91 Å². The maximum absolute atomic E-state index is 12.9. The van der Waals surface area contributed by atoms with Crippen LogP contribution in [-0.2, 0) is 17.6 Å². The zero-order valence-electron chi connectivity index (χ0n) is 16.1. The van der Waals surface area contributed by atoms with E-state index in [-0.39, 0.29) is 42.2 Å². The summed E-state index contributed by atoms with van der Waals surface area (Å²) in [5, 5.41) is 9.18. The molecule has 0 fully saturated rings. The molecule has 3 N–H and O–H groups in total. The minimum atomic E-state index is -0.236. The molecule has 2 rings (SSSR count). The molecule has 0 aromatic heterocycles. The second kappa shape index (κ2) is 13.9. The number of benzene rings is 2. The average molecular weight is 498 g/mol. The fraction of sp³-hybridized carbons (Fsp3) is 0.333. The topological polar surface area (TPSA) is 65.5 Å². The average Bonchev–Trinajstić information content (AvgIpc) is 2.68. The van der Waals surface area contributed by atoms with E-state index in [9.17, 15) is 9.18 Å². The number of halogens is 2. The van der Waals surface area contributed by atoms with Gasteiger partial charge in [0, 0.05) is 19.6 Å². The predicted molar refractivity (Wildman–Crippen MR) is 123 cm³/mol. The van der Waals surface area contributed by atoms with E-state index in [1.54, 1.807) is 12.1 Å². The van der Waals surface area contributed by atoms with E-state index in [2.05, 4.69) is 20.9 Å². The fourth-order valence-electron chi connectivity index (χ4n) is 2.52. The number of aliphatic imine (C=N–C) groups is 1. The molecule has 0 saturated carbocycles. The van der Waals surface area contributed by atoms with Crippen molar-refractivity contribution in [3.05, 3.63) is 71.5 Å². The lowest BCUT2D eigenvalue weighted by Gasteiger charge is -2.11. The predicted octanol–water partition coefficient (Wildman–Crippen LogP) is 2.90. The highest BCUT2D eigenvalue weighted by atomic mass is 127. The first-order chi connectivity index (χ1) is 13.2. The van der Waals surface area contributed by atoms with Crippen LogP contribution in [0.2, 0.25) is 0 Å². The smallest absolute Gasteiger partial charge is 0.241 e. The van der Waals surface area contributed by atoms with E-state index in [0.717, 1.165) is 18.4 Å². The number of amides is 1. The number of guanidine groups is 1. The third kappa shape index (κ3) is 9.68. The van der Waals surface area contributed by atoms with Gasteiger partial charge in [-0.15, -0.1) is 24.0 Å². The molecule has 2 aromatic rings. The highest BCUT2D eigenvalue weighted by Crippen LogP contribution is 2.02. The third-order valence-corrected chi connectivity index (χ3v) is 3.92. The quantitative estimate of drug-likeness (QED) is 0.283. The van der Waals surface area contributed by atoms with Crippen molar-refractivity contribution < 1.29 is 9.18 Å². The lowest BCUT2D eigenvalue weighted by molar-refractivity contribution is -0.119. The molecule has 5 nitrogen and oxygen atoms in total. The van der Waals surface area contributed by atoms with Crippen LogP contribution in [0.1, 0.15) is 18.1 Å². The Labute approximate surface area is 183 Å². The van der Waals surface area contributed by atoms with Gasteiger partial charge in [0.1, 0.15) is 12.4 Å². The van der Waals surface area contributed by atoms with Gasteiger partial charge in [0.15, 0.2) is 5.96 Å². The summed E-state index contributed by atoms with van der Waals surface area (Å²) in [6.45, 7) is 3.98. The Morgan fingerprint density at radius 2 is 1.50 bits per heavy atom. The Balaban J connectivity index is 0.00000392. The van der Waals surface area contributed by atoms with Crippen LogP contribution in [0.4, 0.5) is 4.39 Å². The van der Waals surface area contributed by atoms with Crippen molar-refractivity contribution in [2.45, 2.75) is 19.8 Å². The van der Waals surface area contributed by atoms with Crippen LogP contribution in [-0.4, -0.2) is 38.0 Å². The summed E-state index contributed by atoms with van der Waals surface area (Å²) in [6.07, 6.45) is 1.54. The van der Waals surface area contributed by atoms with Gasteiger partial charge in [0.05, 0.1) is 0 Å². The molecule has 0 heterocycles. The first kappa shape index (κ1) is 23.9. The molecule has 0 aliphatic carbocycles. The first-order valence-electron chi connectivity index (χ1n) is 9.24. The van der Waals surface area contributed by atoms with Gasteiger partial charge in [-0.25, -0.2) is 9.38 Å². The zero-order valence-corrected chi connectivity index (χ0v) is 18.4. The number of nitrogens with one attached hydrogen (secondary N) is 3. The molecule has 0 atom stereocenters. The molecule has 152 valence electrons. The van der Waals surface area contributed by atoms with E-state index < -0.39 is 0 Å². The SMILES string of the molecule is CCNC(=NCC(=O)NCCc1ccccc1)NCCc1ccc(F)cc1.I. The normalized spacial score (nSPS) is 10.7. The van der Waals surface area contributed by atoms with Crippen molar-refractivity contribution in [3.63, 3.8) is 0 Å². The summed E-state index contributed by atoms with van der Waals surface area (Å²) in [6, 6.07) is 16.5. The number of nitrogens with zero attached hydrogens (tertiary/aromatic N) is 1. The molecule has 1 amide bonds. The molecular formula is C21H28FIN4O. The van der Waals surface area contributed by atoms with Gasteiger partial charge in [-0.05, 0) is 43.0 Å². The van der Waals surface area contributed by atoms with Crippen molar-refractivity contribution >= 4 is 35.8 Å². The van der Waals surface area contributed by atoms with Gasteiger partial charge in [-0.1, -0.05) is 42.5 Å². The van der Waals surface area contributed by atoms with Gasteiger partial charge < -0.3 is 16.0 Å². The second-order valence-corrected chi connectivity index (χ2v) is 6.08. The molecule has 0 unspecified atom stereocenters. The lowest BCUT2D eigenvalue weighted by atomic mass is 10.1. The molecule has 7 heteroatoms. The van der Waals surface area contributed by atoms with Crippen LogP contribution < -0.4 is 16.0 Å². The molecule has 0 bridgehead atoms. The molecule has 0 radical (unpaired) electrons.